The lowest BCUT2D eigenvalue weighted by molar-refractivity contribution is 0.0827. The van der Waals surface area contributed by atoms with E-state index in [0.29, 0.717) is 12.0 Å². The maximum atomic E-state index is 11.9. The molecule has 0 unspecified atom stereocenters. The van der Waals surface area contributed by atoms with Gasteiger partial charge < -0.3 is 10.6 Å². The van der Waals surface area contributed by atoms with Gasteiger partial charge in [-0.2, -0.15) is 0 Å². The molecule has 0 aliphatic heterocycles. The van der Waals surface area contributed by atoms with Crippen molar-refractivity contribution in [3.8, 4) is 0 Å². The summed E-state index contributed by atoms with van der Waals surface area (Å²) >= 11 is 0. The monoisotopic (exact) mass is 270 g/mol. The topological polar surface area (TPSA) is 80.5 Å². The molecule has 0 aliphatic carbocycles. The largest absolute Gasteiger partial charge is 0.398 e. The Balaban J connectivity index is 3.19. The van der Waals surface area contributed by atoms with Crippen molar-refractivity contribution in [3.05, 3.63) is 23.8 Å². The highest BCUT2D eigenvalue weighted by Crippen LogP contribution is 2.22. The highest BCUT2D eigenvalue weighted by molar-refractivity contribution is 7.91. The molecule has 0 saturated carbocycles. The van der Waals surface area contributed by atoms with Crippen LogP contribution < -0.4 is 5.73 Å². The molecule has 0 spiro atoms. The van der Waals surface area contributed by atoms with Gasteiger partial charge in [-0.15, -0.1) is 0 Å². The molecule has 5 nitrogen and oxygen atoms in total. The van der Waals surface area contributed by atoms with Crippen molar-refractivity contribution in [1.29, 1.82) is 0 Å². The van der Waals surface area contributed by atoms with Crippen LogP contribution in [0, 0.1) is 0 Å². The zero-order valence-corrected chi connectivity index (χ0v) is 11.6. The van der Waals surface area contributed by atoms with Crippen molar-refractivity contribution in [3.63, 3.8) is 0 Å². The van der Waals surface area contributed by atoms with Crippen molar-refractivity contribution >= 4 is 21.4 Å². The zero-order valence-electron chi connectivity index (χ0n) is 10.8. The first-order valence-corrected chi connectivity index (χ1v) is 7.28. The van der Waals surface area contributed by atoms with E-state index in [0.717, 1.165) is 0 Å². The van der Waals surface area contributed by atoms with Gasteiger partial charge in [-0.1, -0.05) is 6.92 Å². The Bertz CT molecular complexity index is 550. The number of carbonyl (C=O) groups excluding carboxylic acids is 1. The molecular weight excluding hydrogens is 252 g/mol. The summed E-state index contributed by atoms with van der Waals surface area (Å²) in [7, 11) is -0.103. The number of hydrogen-bond donors (Lipinski definition) is 1. The van der Waals surface area contributed by atoms with Crippen molar-refractivity contribution in [2.45, 2.75) is 18.2 Å². The van der Waals surface area contributed by atoms with Gasteiger partial charge >= 0.3 is 0 Å². The number of hydrogen-bond acceptors (Lipinski definition) is 4. The first kappa shape index (κ1) is 14.5. The number of nitrogens with two attached hydrogens (primary N) is 1. The summed E-state index contributed by atoms with van der Waals surface area (Å²) in [5.41, 5.74) is 6.23. The van der Waals surface area contributed by atoms with Crippen LogP contribution in [0.25, 0.3) is 0 Å². The lowest BCUT2D eigenvalue weighted by atomic mass is 10.2. The minimum atomic E-state index is -3.35. The van der Waals surface area contributed by atoms with Crippen molar-refractivity contribution in [2.24, 2.45) is 0 Å². The van der Waals surface area contributed by atoms with Crippen LogP contribution in [0.2, 0.25) is 0 Å². The third-order valence-corrected chi connectivity index (χ3v) is 4.46. The van der Waals surface area contributed by atoms with Crippen LogP contribution in [-0.4, -0.2) is 39.1 Å². The maximum Gasteiger partial charge on any atom is 0.253 e. The van der Waals surface area contributed by atoms with E-state index < -0.39 is 9.84 Å². The number of amides is 1. The summed E-state index contributed by atoms with van der Waals surface area (Å²) in [5, 5.41) is 0. The molecule has 6 heteroatoms. The molecule has 0 aliphatic rings. The Labute approximate surface area is 108 Å². The number of nitrogen functional groups attached to an aromatic ring is 1. The van der Waals surface area contributed by atoms with E-state index >= 15 is 0 Å². The molecule has 1 aromatic rings. The van der Waals surface area contributed by atoms with Crippen molar-refractivity contribution in [1.82, 2.24) is 4.90 Å². The molecule has 18 heavy (non-hydrogen) atoms. The summed E-state index contributed by atoms with van der Waals surface area (Å²) in [6, 6.07) is 4.29. The summed E-state index contributed by atoms with van der Waals surface area (Å²) in [5.74, 6) is -0.154. The molecule has 1 rings (SSSR count). The van der Waals surface area contributed by atoms with Crippen molar-refractivity contribution < 1.29 is 13.2 Å². The van der Waals surface area contributed by atoms with E-state index in [1.807, 2.05) is 0 Å². The highest BCUT2D eigenvalue weighted by Gasteiger charge is 2.18. The highest BCUT2D eigenvalue weighted by atomic mass is 32.2. The fourth-order valence-electron chi connectivity index (χ4n) is 1.60. The molecule has 0 bridgehead atoms. The van der Waals surface area contributed by atoms with Gasteiger partial charge in [0.1, 0.15) is 0 Å². The number of rotatable bonds is 4. The van der Waals surface area contributed by atoms with Gasteiger partial charge in [-0.3, -0.25) is 4.79 Å². The molecule has 0 heterocycles. The minimum absolute atomic E-state index is 0.0537. The molecule has 0 fully saturated rings. The normalized spacial score (nSPS) is 11.3. The summed E-state index contributed by atoms with van der Waals surface area (Å²) in [6.45, 7) is 1.79. The van der Waals surface area contributed by atoms with E-state index in [-0.39, 0.29) is 22.2 Å². The van der Waals surface area contributed by atoms with Crippen LogP contribution >= 0.6 is 0 Å². The van der Waals surface area contributed by atoms with Crippen LogP contribution in [0.3, 0.4) is 0 Å². The molecule has 1 amide bonds. The molecule has 0 radical (unpaired) electrons. The third-order valence-electron chi connectivity index (χ3n) is 2.47. The molecule has 0 aromatic heterocycles. The van der Waals surface area contributed by atoms with Gasteiger partial charge in [0.25, 0.3) is 5.91 Å². The second kappa shape index (κ2) is 5.39. The van der Waals surface area contributed by atoms with E-state index in [4.69, 9.17) is 5.73 Å². The van der Waals surface area contributed by atoms with E-state index in [2.05, 4.69) is 0 Å². The van der Waals surface area contributed by atoms with Gasteiger partial charge in [0.2, 0.25) is 0 Å². The fraction of sp³-hybridized carbons (Fsp3) is 0.417. The number of sulfone groups is 1. The van der Waals surface area contributed by atoms with E-state index in [1.165, 1.54) is 23.1 Å². The zero-order chi connectivity index (χ0) is 13.9. The van der Waals surface area contributed by atoms with Gasteiger partial charge in [-0.25, -0.2) is 8.42 Å². The average Bonchev–Trinajstić information content (AvgIpc) is 2.27. The minimum Gasteiger partial charge on any atom is -0.398 e. The summed E-state index contributed by atoms with van der Waals surface area (Å²) < 4.78 is 23.8. The number of carbonyl (C=O) groups is 1. The Morgan fingerprint density at radius 3 is 2.39 bits per heavy atom. The van der Waals surface area contributed by atoms with E-state index in [1.54, 1.807) is 21.0 Å². The van der Waals surface area contributed by atoms with Gasteiger partial charge in [0.15, 0.2) is 9.84 Å². The van der Waals surface area contributed by atoms with Crippen LogP contribution in [-0.2, 0) is 9.84 Å². The SMILES string of the molecule is CCCS(=O)(=O)c1ccc(C(=O)N(C)C)cc1N. The molecular formula is C12H18N2O3S. The van der Waals surface area contributed by atoms with Gasteiger partial charge in [-0.05, 0) is 24.6 Å². The number of anilines is 1. The number of nitrogens with zero attached hydrogens (tertiary/aromatic N) is 1. The Morgan fingerprint density at radius 2 is 1.94 bits per heavy atom. The second-order valence-electron chi connectivity index (χ2n) is 4.27. The lowest BCUT2D eigenvalue weighted by Crippen LogP contribution is -2.22. The average molecular weight is 270 g/mol. The molecule has 0 atom stereocenters. The van der Waals surface area contributed by atoms with Crippen LogP contribution in [0.15, 0.2) is 23.1 Å². The molecule has 100 valence electrons. The third kappa shape index (κ3) is 3.01. The van der Waals surface area contributed by atoms with Crippen LogP contribution in [0.1, 0.15) is 23.7 Å². The lowest BCUT2D eigenvalue weighted by Gasteiger charge is -2.12. The molecule has 1 aromatic carbocycles. The van der Waals surface area contributed by atoms with Gasteiger partial charge in [0, 0.05) is 19.7 Å². The molecule has 0 saturated heterocycles. The number of benzene rings is 1. The van der Waals surface area contributed by atoms with Gasteiger partial charge in [0.05, 0.1) is 16.3 Å². The Hall–Kier alpha value is -1.56. The first-order valence-electron chi connectivity index (χ1n) is 5.63. The quantitative estimate of drug-likeness (QED) is 0.832. The first-order chi connectivity index (χ1) is 8.29. The van der Waals surface area contributed by atoms with Crippen molar-refractivity contribution in [2.75, 3.05) is 25.6 Å². The van der Waals surface area contributed by atoms with Crippen LogP contribution in [0.5, 0.6) is 0 Å². The predicted octanol–water partition coefficient (Wildman–Crippen LogP) is 1.15. The Morgan fingerprint density at radius 1 is 1.33 bits per heavy atom. The van der Waals surface area contributed by atoms with Crippen LogP contribution in [0.4, 0.5) is 5.69 Å². The fourth-order valence-corrected chi connectivity index (χ4v) is 3.05. The summed E-state index contributed by atoms with van der Waals surface area (Å²) in [4.78, 5) is 13.2. The smallest absolute Gasteiger partial charge is 0.253 e. The second-order valence-corrected chi connectivity index (χ2v) is 6.35. The maximum absolute atomic E-state index is 11.9. The van der Waals surface area contributed by atoms with E-state index in [9.17, 15) is 13.2 Å². The molecule has 2 N–H and O–H groups in total. The standard InChI is InChI=1S/C12H18N2O3S/c1-4-7-18(16,17)11-6-5-9(8-10(11)13)12(15)14(2)3/h5-6,8H,4,7,13H2,1-3H3. The predicted molar refractivity (Wildman–Crippen MR) is 71.2 cm³/mol. The summed E-state index contributed by atoms with van der Waals surface area (Å²) in [6.07, 6.45) is 0.528. The Kier molecular flexibility index (Phi) is 4.34.